The van der Waals surface area contributed by atoms with Crippen molar-refractivity contribution in [3.63, 3.8) is 0 Å². The average molecular weight is 216 g/mol. The van der Waals surface area contributed by atoms with Gasteiger partial charge in [-0.2, -0.15) is 0 Å². The summed E-state index contributed by atoms with van der Waals surface area (Å²) in [4.78, 5) is 11.2. The van der Waals surface area contributed by atoms with E-state index in [1.807, 2.05) is 25.1 Å². The van der Waals surface area contributed by atoms with E-state index < -0.39 is 5.97 Å². The smallest absolute Gasteiger partial charge is 0.310 e. The molecule has 1 aliphatic carbocycles. The fraction of sp³-hybridized carbons (Fsp3) is 0.357. The molecule has 16 heavy (non-hydrogen) atoms. The zero-order valence-corrected chi connectivity index (χ0v) is 9.44. The molecule has 0 bridgehead atoms. The van der Waals surface area contributed by atoms with Crippen LogP contribution >= 0.6 is 0 Å². The van der Waals surface area contributed by atoms with Gasteiger partial charge < -0.3 is 5.11 Å². The SMILES string of the molecule is CCC(C(=O)O)C1=CCCc2ccccc21. The normalized spacial score (nSPS) is 16.2. The number of hydrogen-bond acceptors (Lipinski definition) is 1. The van der Waals surface area contributed by atoms with Crippen LogP contribution < -0.4 is 0 Å². The Hall–Kier alpha value is -1.57. The number of aliphatic carboxylic acids is 1. The first-order valence-corrected chi connectivity index (χ1v) is 5.75. The van der Waals surface area contributed by atoms with Gasteiger partial charge in [0.1, 0.15) is 0 Å². The van der Waals surface area contributed by atoms with Crippen LogP contribution in [0.2, 0.25) is 0 Å². The average Bonchev–Trinajstić information content (AvgIpc) is 2.30. The maximum Gasteiger partial charge on any atom is 0.310 e. The van der Waals surface area contributed by atoms with Crippen molar-refractivity contribution in [3.05, 3.63) is 41.5 Å². The van der Waals surface area contributed by atoms with Crippen LogP contribution in [-0.4, -0.2) is 11.1 Å². The molecular formula is C14H16O2. The molecule has 0 aliphatic heterocycles. The molecular weight excluding hydrogens is 200 g/mol. The lowest BCUT2D eigenvalue weighted by atomic mass is 9.83. The van der Waals surface area contributed by atoms with Crippen molar-refractivity contribution in [1.82, 2.24) is 0 Å². The first kappa shape index (κ1) is 10.9. The standard InChI is InChI=1S/C14H16O2/c1-2-11(14(15)16)13-9-5-7-10-6-3-4-8-12(10)13/h3-4,6,8-9,11H,2,5,7H2,1H3,(H,15,16). The fourth-order valence-electron chi connectivity index (χ4n) is 2.37. The van der Waals surface area contributed by atoms with Crippen LogP contribution in [0.4, 0.5) is 0 Å². The van der Waals surface area contributed by atoms with E-state index in [1.54, 1.807) is 0 Å². The van der Waals surface area contributed by atoms with E-state index in [-0.39, 0.29) is 5.92 Å². The highest BCUT2D eigenvalue weighted by molar-refractivity contribution is 5.88. The zero-order valence-electron chi connectivity index (χ0n) is 9.44. The van der Waals surface area contributed by atoms with Gasteiger partial charge in [0.25, 0.3) is 0 Å². The van der Waals surface area contributed by atoms with Crippen LogP contribution in [-0.2, 0) is 11.2 Å². The van der Waals surface area contributed by atoms with Crippen molar-refractivity contribution in [2.75, 3.05) is 0 Å². The second-order valence-corrected chi connectivity index (χ2v) is 4.15. The van der Waals surface area contributed by atoms with Crippen LogP contribution in [0.5, 0.6) is 0 Å². The molecule has 0 radical (unpaired) electrons. The zero-order chi connectivity index (χ0) is 11.5. The Labute approximate surface area is 95.6 Å². The minimum absolute atomic E-state index is 0.360. The van der Waals surface area contributed by atoms with Crippen LogP contribution in [0.3, 0.4) is 0 Å². The van der Waals surface area contributed by atoms with Crippen LogP contribution in [0.1, 0.15) is 30.9 Å². The van der Waals surface area contributed by atoms with E-state index in [1.165, 1.54) is 5.56 Å². The number of benzene rings is 1. The van der Waals surface area contributed by atoms with E-state index in [4.69, 9.17) is 0 Å². The molecule has 2 heteroatoms. The van der Waals surface area contributed by atoms with Gasteiger partial charge in [0.05, 0.1) is 5.92 Å². The fourth-order valence-corrected chi connectivity index (χ4v) is 2.37. The van der Waals surface area contributed by atoms with Gasteiger partial charge >= 0.3 is 5.97 Å². The van der Waals surface area contributed by atoms with Gasteiger partial charge in [0.2, 0.25) is 0 Å². The molecule has 1 aliphatic rings. The van der Waals surface area contributed by atoms with Crippen LogP contribution in [0.25, 0.3) is 5.57 Å². The second-order valence-electron chi connectivity index (χ2n) is 4.15. The minimum atomic E-state index is -0.717. The Morgan fingerprint density at radius 3 is 2.88 bits per heavy atom. The van der Waals surface area contributed by atoms with Crippen molar-refractivity contribution in [1.29, 1.82) is 0 Å². The van der Waals surface area contributed by atoms with Gasteiger partial charge in [-0.1, -0.05) is 37.3 Å². The monoisotopic (exact) mass is 216 g/mol. The van der Waals surface area contributed by atoms with Gasteiger partial charge in [0, 0.05) is 0 Å². The van der Waals surface area contributed by atoms with Crippen molar-refractivity contribution < 1.29 is 9.90 Å². The molecule has 0 spiro atoms. The lowest BCUT2D eigenvalue weighted by Crippen LogP contribution is -2.17. The van der Waals surface area contributed by atoms with E-state index in [2.05, 4.69) is 12.1 Å². The summed E-state index contributed by atoms with van der Waals surface area (Å²) in [6.07, 6.45) is 4.71. The summed E-state index contributed by atoms with van der Waals surface area (Å²) in [6.45, 7) is 1.93. The third-order valence-electron chi connectivity index (χ3n) is 3.19. The number of rotatable bonds is 3. The first-order valence-electron chi connectivity index (χ1n) is 5.75. The molecule has 1 unspecified atom stereocenters. The summed E-state index contributed by atoms with van der Waals surface area (Å²) < 4.78 is 0. The number of hydrogen-bond donors (Lipinski definition) is 1. The maximum atomic E-state index is 11.2. The predicted octanol–water partition coefficient (Wildman–Crippen LogP) is 3.13. The minimum Gasteiger partial charge on any atom is -0.481 e. The van der Waals surface area contributed by atoms with E-state index in [0.29, 0.717) is 6.42 Å². The first-order chi connectivity index (χ1) is 7.74. The number of carboxylic acids is 1. The van der Waals surface area contributed by atoms with Crippen molar-refractivity contribution >= 4 is 11.5 Å². The van der Waals surface area contributed by atoms with Gasteiger partial charge in [-0.25, -0.2) is 0 Å². The summed E-state index contributed by atoms with van der Waals surface area (Å²) in [5, 5.41) is 9.21. The maximum absolute atomic E-state index is 11.2. The van der Waals surface area contributed by atoms with Crippen LogP contribution in [0.15, 0.2) is 30.3 Å². The van der Waals surface area contributed by atoms with E-state index >= 15 is 0 Å². The summed E-state index contributed by atoms with van der Waals surface area (Å²) in [6, 6.07) is 8.12. The largest absolute Gasteiger partial charge is 0.481 e. The molecule has 0 fully saturated rings. The van der Waals surface area contributed by atoms with Crippen LogP contribution in [0, 0.1) is 5.92 Å². The highest BCUT2D eigenvalue weighted by Crippen LogP contribution is 2.33. The lowest BCUT2D eigenvalue weighted by Gasteiger charge is -2.22. The third-order valence-corrected chi connectivity index (χ3v) is 3.19. The molecule has 1 aromatic rings. The molecule has 0 amide bonds. The summed E-state index contributed by atoms with van der Waals surface area (Å²) in [5.74, 6) is -1.08. The van der Waals surface area contributed by atoms with Crippen molar-refractivity contribution in [2.45, 2.75) is 26.2 Å². The Morgan fingerprint density at radius 1 is 1.44 bits per heavy atom. The predicted molar refractivity (Wildman–Crippen MR) is 64.2 cm³/mol. The second kappa shape index (κ2) is 4.52. The molecule has 0 saturated carbocycles. The lowest BCUT2D eigenvalue weighted by molar-refractivity contribution is -0.139. The van der Waals surface area contributed by atoms with Gasteiger partial charge in [0.15, 0.2) is 0 Å². The summed E-state index contributed by atoms with van der Waals surface area (Å²) >= 11 is 0. The van der Waals surface area contributed by atoms with Gasteiger partial charge in [-0.15, -0.1) is 0 Å². The highest BCUT2D eigenvalue weighted by atomic mass is 16.4. The molecule has 0 saturated heterocycles. The van der Waals surface area contributed by atoms with Crippen molar-refractivity contribution in [3.8, 4) is 0 Å². The van der Waals surface area contributed by atoms with Crippen molar-refractivity contribution in [2.24, 2.45) is 5.92 Å². The van der Waals surface area contributed by atoms with Gasteiger partial charge in [-0.05, 0) is 36.0 Å². The van der Waals surface area contributed by atoms with E-state index in [9.17, 15) is 9.90 Å². The third kappa shape index (κ3) is 1.87. The molecule has 1 aromatic carbocycles. The Kier molecular flexibility index (Phi) is 3.09. The molecule has 1 atom stereocenters. The highest BCUT2D eigenvalue weighted by Gasteiger charge is 2.24. The summed E-state index contributed by atoms with van der Waals surface area (Å²) in [7, 11) is 0. The van der Waals surface area contributed by atoms with E-state index in [0.717, 1.165) is 24.0 Å². The quantitative estimate of drug-likeness (QED) is 0.842. The Balaban J connectivity index is 2.42. The Morgan fingerprint density at radius 2 is 2.19 bits per heavy atom. The number of allylic oxidation sites excluding steroid dienone is 1. The number of aryl methyl sites for hydroxylation is 1. The van der Waals surface area contributed by atoms with Gasteiger partial charge in [-0.3, -0.25) is 4.79 Å². The summed E-state index contributed by atoms with van der Waals surface area (Å²) in [5.41, 5.74) is 3.40. The molecule has 1 N–H and O–H groups in total. The molecule has 2 nitrogen and oxygen atoms in total. The topological polar surface area (TPSA) is 37.3 Å². The molecule has 0 aromatic heterocycles. The number of carbonyl (C=O) groups is 1. The number of fused-ring (bicyclic) bond motifs is 1. The Bertz CT molecular complexity index is 432. The molecule has 84 valence electrons. The molecule has 0 heterocycles. The molecule has 2 rings (SSSR count). The number of carboxylic acid groups (broad SMARTS) is 1.